The lowest BCUT2D eigenvalue weighted by Gasteiger charge is -2.06. The van der Waals surface area contributed by atoms with Gasteiger partial charge in [0, 0.05) is 16.2 Å². The summed E-state index contributed by atoms with van der Waals surface area (Å²) < 4.78 is 19.7. The fraction of sp³-hybridized carbons (Fsp3) is 0.0909. The monoisotopic (exact) mass is 301 g/mol. The summed E-state index contributed by atoms with van der Waals surface area (Å²) in [5, 5.41) is 1.95. The van der Waals surface area contributed by atoms with Crippen LogP contribution in [0.2, 0.25) is 0 Å². The number of halogens is 2. The maximum absolute atomic E-state index is 13.4. The number of hydrogen-bond acceptors (Lipinski definition) is 3. The molecular formula is C11H9BrFNOS. The first-order valence-corrected chi connectivity index (χ1v) is 6.24. The van der Waals surface area contributed by atoms with E-state index in [1.807, 2.05) is 11.4 Å². The van der Waals surface area contributed by atoms with Crippen molar-refractivity contribution in [2.45, 2.75) is 6.61 Å². The molecular weight excluding hydrogens is 293 g/mol. The number of nitrogen functional groups attached to an aromatic ring is 1. The highest BCUT2D eigenvalue weighted by Crippen LogP contribution is 2.26. The summed E-state index contributed by atoms with van der Waals surface area (Å²) in [6.45, 7) is 0.346. The Kier molecular flexibility index (Phi) is 3.46. The maximum Gasteiger partial charge on any atom is 0.167 e. The van der Waals surface area contributed by atoms with Gasteiger partial charge in [-0.1, -0.05) is 0 Å². The van der Waals surface area contributed by atoms with Gasteiger partial charge in [0.2, 0.25) is 0 Å². The molecule has 0 saturated heterocycles. The Labute approximate surface area is 105 Å². The van der Waals surface area contributed by atoms with Gasteiger partial charge in [0.05, 0.1) is 4.88 Å². The molecule has 0 aliphatic rings. The molecule has 5 heteroatoms. The number of anilines is 1. The smallest absolute Gasteiger partial charge is 0.167 e. The third-order valence-corrected chi connectivity index (χ3v) is 3.91. The topological polar surface area (TPSA) is 35.2 Å². The molecule has 0 atom stereocenters. The lowest BCUT2D eigenvalue weighted by molar-refractivity contribution is 0.293. The molecule has 2 nitrogen and oxygen atoms in total. The van der Waals surface area contributed by atoms with Gasteiger partial charge in [-0.25, -0.2) is 4.39 Å². The van der Waals surface area contributed by atoms with Gasteiger partial charge in [-0.2, -0.15) is 0 Å². The van der Waals surface area contributed by atoms with E-state index in [1.165, 1.54) is 12.1 Å². The van der Waals surface area contributed by atoms with Crippen molar-refractivity contribution in [3.05, 3.63) is 44.8 Å². The van der Waals surface area contributed by atoms with Crippen LogP contribution >= 0.6 is 27.3 Å². The van der Waals surface area contributed by atoms with Gasteiger partial charge >= 0.3 is 0 Å². The van der Waals surface area contributed by atoms with E-state index in [9.17, 15) is 4.39 Å². The summed E-state index contributed by atoms with van der Waals surface area (Å²) in [7, 11) is 0. The molecule has 0 radical (unpaired) electrons. The minimum absolute atomic E-state index is 0.217. The fourth-order valence-corrected chi connectivity index (χ4v) is 2.58. The molecule has 2 aromatic rings. The second-order valence-electron chi connectivity index (χ2n) is 3.17. The molecule has 0 saturated carbocycles. The van der Waals surface area contributed by atoms with Gasteiger partial charge in [0.25, 0.3) is 0 Å². The standard InChI is InChI=1S/C11H9BrFNOS/c12-8-3-4-16-11(8)6-15-10-2-1-7(14)5-9(10)13/h1-5H,6,14H2. The summed E-state index contributed by atoms with van der Waals surface area (Å²) in [6.07, 6.45) is 0. The minimum Gasteiger partial charge on any atom is -0.485 e. The Bertz CT molecular complexity index is 500. The summed E-state index contributed by atoms with van der Waals surface area (Å²) >= 11 is 4.95. The van der Waals surface area contributed by atoms with Crippen LogP contribution in [0.4, 0.5) is 10.1 Å². The van der Waals surface area contributed by atoms with Gasteiger partial charge in [-0.05, 0) is 39.5 Å². The zero-order valence-corrected chi connectivity index (χ0v) is 10.6. The largest absolute Gasteiger partial charge is 0.485 e. The summed E-state index contributed by atoms with van der Waals surface area (Å²) in [4.78, 5) is 1.02. The Morgan fingerprint density at radius 2 is 2.19 bits per heavy atom. The predicted molar refractivity (Wildman–Crippen MR) is 67.2 cm³/mol. The number of thiophene rings is 1. The van der Waals surface area contributed by atoms with Gasteiger partial charge in [-0.3, -0.25) is 0 Å². The molecule has 0 fully saturated rings. The van der Waals surface area contributed by atoms with Gasteiger partial charge in [0.15, 0.2) is 11.6 Å². The maximum atomic E-state index is 13.4. The average molecular weight is 302 g/mol. The fourth-order valence-electron chi connectivity index (χ4n) is 1.21. The zero-order valence-electron chi connectivity index (χ0n) is 8.24. The van der Waals surface area contributed by atoms with Crippen LogP contribution in [0.5, 0.6) is 5.75 Å². The minimum atomic E-state index is -0.437. The molecule has 2 rings (SSSR count). The second-order valence-corrected chi connectivity index (χ2v) is 5.03. The van der Waals surface area contributed by atoms with Gasteiger partial charge in [0.1, 0.15) is 6.61 Å². The summed E-state index contributed by atoms with van der Waals surface area (Å²) in [5.41, 5.74) is 5.83. The van der Waals surface area contributed by atoms with E-state index in [4.69, 9.17) is 10.5 Å². The van der Waals surface area contributed by atoms with Crippen LogP contribution in [0.15, 0.2) is 34.1 Å². The summed E-state index contributed by atoms with van der Waals surface area (Å²) in [6, 6.07) is 6.33. The Hall–Kier alpha value is -1.07. The van der Waals surface area contributed by atoms with Crippen molar-refractivity contribution >= 4 is 33.0 Å². The zero-order chi connectivity index (χ0) is 11.5. The Balaban J connectivity index is 2.08. The van der Waals surface area contributed by atoms with Crippen LogP contribution < -0.4 is 10.5 Å². The van der Waals surface area contributed by atoms with Crippen molar-refractivity contribution in [3.8, 4) is 5.75 Å². The van der Waals surface area contributed by atoms with Gasteiger partial charge < -0.3 is 10.5 Å². The molecule has 1 heterocycles. The van der Waals surface area contributed by atoms with E-state index in [0.717, 1.165) is 9.35 Å². The van der Waals surface area contributed by atoms with Crippen molar-refractivity contribution < 1.29 is 9.13 Å². The van der Waals surface area contributed by atoms with Crippen molar-refractivity contribution in [2.24, 2.45) is 0 Å². The van der Waals surface area contributed by atoms with Gasteiger partial charge in [-0.15, -0.1) is 11.3 Å². The second kappa shape index (κ2) is 4.84. The Morgan fingerprint density at radius 3 is 2.81 bits per heavy atom. The highest BCUT2D eigenvalue weighted by atomic mass is 79.9. The first kappa shape index (κ1) is 11.4. The highest BCUT2D eigenvalue weighted by molar-refractivity contribution is 9.10. The predicted octanol–water partition coefficient (Wildman–Crippen LogP) is 3.81. The molecule has 1 aromatic carbocycles. The molecule has 2 N–H and O–H groups in total. The summed E-state index contributed by atoms with van der Waals surface area (Å²) in [5.74, 6) is -0.220. The lowest BCUT2D eigenvalue weighted by atomic mass is 10.3. The normalized spacial score (nSPS) is 10.4. The molecule has 0 spiro atoms. The van der Waals surface area contributed by atoms with Crippen LogP contribution in [0.1, 0.15) is 4.88 Å². The van der Waals surface area contributed by atoms with E-state index in [2.05, 4.69) is 15.9 Å². The number of rotatable bonds is 3. The van der Waals surface area contributed by atoms with Crippen LogP contribution in [0.25, 0.3) is 0 Å². The van der Waals surface area contributed by atoms with Crippen molar-refractivity contribution in [1.29, 1.82) is 0 Å². The molecule has 0 bridgehead atoms. The quantitative estimate of drug-likeness (QED) is 0.875. The van der Waals surface area contributed by atoms with Crippen molar-refractivity contribution in [1.82, 2.24) is 0 Å². The number of nitrogens with two attached hydrogens (primary N) is 1. The third kappa shape index (κ3) is 2.54. The first-order chi connectivity index (χ1) is 7.66. The van der Waals surface area contributed by atoms with Crippen LogP contribution in [-0.2, 0) is 6.61 Å². The van der Waals surface area contributed by atoms with Crippen molar-refractivity contribution in [3.63, 3.8) is 0 Å². The third-order valence-electron chi connectivity index (χ3n) is 2.01. The lowest BCUT2D eigenvalue weighted by Crippen LogP contribution is -1.97. The van der Waals surface area contributed by atoms with Crippen molar-refractivity contribution in [2.75, 3.05) is 5.73 Å². The molecule has 16 heavy (non-hydrogen) atoms. The molecule has 0 aliphatic carbocycles. The van der Waals surface area contributed by atoms with Crippen LogP contribution in [-0.4, -0.2) is 0 Å². The number of hydrogen-bond donors (Lipinski definition) is 1. The van der Waals surface area contributed by atoms with Crippen LogP contribution in [0.3, 0.4) is 0 Å². The van der Waals surface area contributed by atoms with Crippen LogP contribution in [0, 0.1) is 5.82 Å². The Morgan fingerprint density at radius 1 is 1.38 bits per heavy atom. The van der Waals surface area contributed by atoms with E-state index in [1.54, 1.807) is 17.4 Å². The first-order valence-electron chi connectivity index (χ1n) is 4.56. The van der Waals surface area contributed by atoms with E-state index < -0.39 is 5.82 Å². The molecule has 0 aliphatic heterocycles. The van der Waals surface area contributed by atoms with E-state index >= 15 is 0 Å². The highest BCUT2D eigenvalue weighted by Gasteiger charge is 2.06. The number of benzene rings is 1. The molecule has 84 valence electrons. The van der Waals surface area contributed by atoms with E-state index in [0.29, 0.717) is 12.3 Å². The molecule has 0 unspecified atom stereocenters. The van der Waals surface area contributed by atoms with E-state index in [-0.39, 0.29) is 5.75 Å². The average Bonchev–Trinajstić information content (AvgIpc) is 2.63. The number of ether oxygens (including phenoxy) is 1. The SMILES string of the molecule is Nc1ccc(OCc2sccc2Br)c(F)c1. The molecule has 1 aromatic heterocycles. The molecule has 0 amide bonds.